The van der Waals surface area contributed by atoms with Gasteiger partial charge in [0.05, 0.1) is 12.9 Å². The van der Waals surface area contributed by atoms with E-state index < -0.39 is 9.84 Å². The number of ether oxygens (including phenoxy) is 1. The molecule has 18 heavy (non-hydrogen) atoms. The Hall–Kier alpha value is -1.81. The molecule has 0 N–H and O–H groups in total. The summed E-state index contributed by atoms with van der Waals surface area (Å²) < 4.78 is 29.7. The molecule has 2 aromatic carbocycles. The Morgan fingerprint density at radius 1 is 0.944 bits per heavy atom. The molecule has 0 amide bonds. The Bertz CT molecular complexity index is 618. The molecular formula is C14H14O3S. The molecule has 0 spiro atoms. The summed E-state index contributed by atoms with van der Waals surface area (Å²) in [5, 5.41) is 0. The van der Waals surface area contributed by atoms with Crippen molar-refractivity contribution in [2.75, 3.05) is 7.11 Å². The third-order valence-corrected chi connectivity index (χ3v) is 4.32. The second-order valence-electron chi connectivity index (χ2n) is 3.90. The second kappa shape index (κ2) is 5.23. The molecule has 0 saturated heterocycles. The fourth-order valence-corrected chi connectivity index (χ4v) is 3.28. The lowest BCUT2D eigenvalue weighted by molar-refractivity contribution is 0.402. The van der Waals surface area contributed by atoms with Crippen LogP contribution in [0.25, 0.3) is 0 Å². The van der Waals surface area contributed by atoms with E-state index in [0.717, 1.165) is 5.56 Å². The molecule has 0 fully saturated rings. The summed E-state index contributed by atoms with van der Waals surface area (Å²) in [5.74, 6) is 0.363. The van der Waals surface area contributed by atoms with Crippen molar-refractivity contribution in [2.45, 2.75) is 10.6 Å². The number of sulfone groups is 1. The third-order valence-electron chi connectivity index (χ3n) is 2.60. The minimum absolute atomic E-state index is 0.0196. The van der Waals surface area contributed by atoms with Crippen LogP contribution in [0.2, 0.25) is 0 Å². The van der Waals surface area contributed by atoms with Crippen LogP contribution in [0.5, 0.6) is 5.75 Å². The van der Waals surface area contributed by atoms with Crippen LogP contribution in [-0.2, 0) is 15.6 Å². The van der Waals surface area contributed by atoms with Crippen LogP contribution in [0.4, 0.5) is 0 Å². The minimum atomic E-state index is -3.38. The van der Waals surface area contributed by atoms with Crippen LogP contribution in [0.1, 0.15) is 5.56 Å². The van der Waals surface area contributed by atoms with Crippen molar-refractivity contribution >= 4 is 9.84 Å². The predicted molar refractivity (Wildman–Crippen MR) is 70.3 cm³/mol. The van der Waals surface area contributed by atoms with Crippen LogP contribution < -0.4 is 4.74 Å². The van der Waals surface area contributed by atoms with Crippen LogP contribution in [0, 0.1) is 0 Å². The highest BCUT2D eigenvalue weighted by molar-refractivity contribution is 7.90. The Morgan fingerprint density at radius 2 is 1.56 bits per heavy atom. The zero-order chi connectivity index (χ0) is 13.0. The summed E-state index contributed by atoms with van der Waals surface area (Å²) in [4.78, 5) is 0.233. The summed E-state index contributed by atoms with van der Waals surface area (Å²) >= 11 is 0. The average Bonchev–Trinajstić information content (AvgIpc) is 2.39. The van der Waals surface area contributed by atoms with E-state index in [1.165, 1.54) is 7.11 Å². The van der Waals surface area contributed by atoms with Gasteiger partial charge in [-0.3, -0.25) is 0 Å². The Balaban J connectivity index is 2.37. The maximum atomic E-state index is 12.3. The first-order valence-corrected chi connectivity index (χ1v) is 7.18. The first kappa shape index (κ1) is 12.6. The second-order valence-corrected chi connectivity index (χ2v) is 5.85. The van der Waals surface area contributed by atoms with Gasteiger partial charge in [0.15, 0.2) is 9.84 Å². The van der Waals surface area contributed by atoms with E-state index in [4.69, 9.17) is 4.74 Å². The van der Waals surface area contributed by atoms with E-state index in [9.17, 15) is 8.42 Å². The number of para-hydroxylation sites is 1. The smallest absolute Gasteiger partial charge is 0.186 e. The van der Waals surface area contributed by atoms with Gasteiger partial charge in [-0.2, -0.15) is 0 Å². The van der Waals surface area contributed by atoms with E-state index in [0.29, 0.717) is 5.75 Å². The SMILES string of the molecule is COc1ccccc1S(=O)(=O)Cc1ccccc1. The Kier molecular flexibility index (Phi) is 3.67. The van der Waals surface area contributed by atoms with Crippen molar-refractivity contribution in [3.05, 3.63) is 60.2 Å². The molecule has 0 unspecified atom stereocenters. The van der Waals surface area contributed by atoms with Crippen molar-refractivity contribution in [1.29, 1.82) is 0 Å². The molecular weight excluding hydrogens is 248 g/mol. The normalized spacial score (nSPS) is 11.2. The number of methoxy groups -OCH3 is 1. The molecule has 94 valence electrons. The van der Waals surface area contributed by atoms with Gasteiger partial charge in [0.1, 0.15) is 10.6 Å². The highest BCUT2D eigenvalue weighted by Gasteiger charge is 2.19. The molecule has 0 bridgehead atoms. The van der Waals surface area contributed by atoms with Gasteiger partial charge in [-0.05, 0) is 17.7 Å². The molecule has 0 aliphatic rings. The van der Waals surface area contributed by atoms with E-state index >= 15 is 0 Å². The van der Waals surface area contributed by atoms with Gasteiger partial charge >= 0.3 is 0 Å². The third kappa shape index (κ3) is 2.71. The number of rotatable bonds is 4. The fourth-order valence-electron chi connectivity index (χ4n) is 1.75. The lowest BCUT2D eigenvalue weighted by Crippen LogP contribution is -2.06. The van der Waals surface area contributed by atoms with E-state index in [2.05, 4.69) is 0 Å². The molecule has 0 aromatic heterocycles. The summed E-state index contributed by atoms with van der Waals surface area (Å²) in [6, 6.07) is 15.8. The van der Waals surface area contributed by atoms with Gasteiger partial charge in [0, 0.05) is 0 Å². The molecule has 0 atom stereocenters. The lowest BCUT2D eigenvalue weighted by atomic mass is 10.2. The summed E-state index contributed by atoms with van der Waals surface area (Å²) in [7, 11) is -1.91. The number of hydrogen-bond acceptors (Lipinski definition) is 3. The first-order chi connectivity index (χ1) is 8.63. The highest BCUT2D eigenvalue weighted by Crippen LogP contribution is 2.26. The first-order valence-electron chi connectivity index (χ1n) is 5.53. The molecule has 0 heterocycles. The Morgan fingerprint density at radius 3 is 2.22 bits per heavy atom. The molecule has 0 saturated carbocycles. The maximum Gasteiger partial charge on any atom is 0.186 e. The molecule has 0 aliphatic carbocycles. The predicted octanol–water partition coefficient (Wildman–Crippen LogP) is 2.67. The van der Waals surface area contributed by atoms with Crippen LogP contribution in [-0.4, -0.2) is 15.5 Å². The van der Waals surface area contributed by atoms with Crippen molar-refractivity contribution < 1.29 is 13.2 Å². The van der Waals surface area contributed by atoms with Gasteiger partial charge < -0.3 is 4.74 Å². The number of benzene rings is 2. The van der Waals surface area contributed by atoms with Gasteiger partial charge in [-0.15, -0.1) is 0 Å². The zero-order valence-electron chi connectivity index (χ0n) is 10.0. The van der Waals surface area contributed by atoms with Crippen molar-refractivity contribution in [2.24, 2.45) is 0 Å². The topological polar surface area (TPSA) is 43.4 Å². The molecule has 3 nitrogen and oxygen atoms in total. The average molecular weight is 262 g/mol. The lowest BCUT2D eigenvalue weighted by Gasteiger charge is -2.09. The molecule has 0 aliphatic heterocycles. The molecule has 4 heteroatoms. The molecule has 2 aromatic rings. The molecule has 0 radical (unpaired) electrons. The quantitative estimate of drug-likeness (QED) is 0.850. The summed E-state index contributed by atoms with van der Waals surface area (Å²) in [6.45, 7) is 0. The van der Waals surface area contributed by atoms with Crippen molar-refractivity contribution in [3.63, 3.8) is 0 Å². The van der Waals surface area contributed by atoms with Gasteiger partial charge in [0.2, 0.25) is 0 Å². The van der Waals surface area contributed by atoms with Crippen molar-refractivity contribution in [1.82, 2.24) is 0 Å². The van der Waals surface area contributed by atoms with E-state index in [-0.39, 0.29) is 10.6 Å². The van der Waals surface area contributed by atoms with E-state index in [1.54, 1.807) is 36.4 Å². The largest absolute Gasteiger partial charge is 0.495 e. The van der Waals surface area contributed by atoms with Gasteiger partial charge in [-0.1, -0.05) is 42.5 Å². The van der Waals surface area contributed by atoms with Gasteiger partial charge in [0.25, 0.3) is 0 Å². The standard InChI is InChI=1S/C14H14O3S/c1-17-13-9-5-6-10-14(13)18(15,16)11-12-7-3-2-4-8-12/h2-10H,11H2,1H3. The van der Waals surface area contributed by atoms with Crippen LogP contribution in [0.15, 0.2) is 59.5 Å². The monoisotopic (exact) mass is 262 g/mol. The van der Waals surface area contributed by atoms with Crippen molar-refractivity contribution in [3.8, 4) is 5.75 Å². The molecule has 2 rings (SSSR count). The zero-order valence-corrected chi connectivity index (χ0v) is 10.9. The fraction of sp³-hybridized carbons (Fsp3) is 0.143. The van der Waals surface area contributed by atoms with E-state index in [1.807, 2.05) is 18.2 Å². The number of hydrogen-bond donors (Lipinski definition) is 0. The van der Waals surface area contributed by atoms with Gasteiger partial charge in [-0.25, -0.2) is 8.42 Å². The highest BCUT2D eigenvalue weighted by atomic mass is 32.2. The summed E-state index contributed by atoms with van der Waals surface area (Å²) in [5.41, 5.74) is 0.767. The minimum Gasteiger partial charge on any atom is -0.495 e. The summed E-state index contributed by atoms with van der Waals surface area (Å²) in [6.07, 6.45) is 0. The Labute approximate surface area is 107 Å². The van der Waals surface area contributed by atoms with Crippen LogP contribution >= 0.6 is 0 Å². The maximum absolute atomic E-state index is 12.3. The van der Waals surface area contributed by atoms with Crippen LogP contribution in [0.3, 0.4) is 0 Å².